The second kappa shape index (κ2) is 9.19. The molecule has 2 heteroatoms. The zero-order valence-electron chi connectivity index (χ0n) is 12.3. The molecule has 1 aromatic carbocycles. The summed E-state index contributed by atoms with van der Waals surface area (Å²) >= 11 is 3.47. The number of benzene rings is 1. The van der Waals surface area contributed by atoms with E-state index in [9.17, 15) is 0 Å². The highest BCUT2D eigenvalue weighted by Gasteiger charge is 2.00. The van der Waals surface area contributed by atoms with Crippen LogP contribution in [0.2, 0.25) is 0 Å². The van der Waals surface area contributed by atoms with Gasteiger partial charge in [-0.3, -0.25) is 0 Å². The van der Waals surface area contributed by atoms with Crippen molar-refractivity contribution in [3.05, 3.63) is 40.6 Å². The van der Waals surface area contributed by atoms with Crippen LogP contribution in [0, 0.1) is 0 Å². The minimum absolute atomic E-state index is 0.562. The Bertz CT molecular complexity index is 379. The molecule has 0 aromatic heterocycles. The molecule has 106 valence electrons. The number of allylic oxidation sites excluding steroid dienone is 1. The van der Waals surface area contributed by atoms with E-state index in [1.807, 2.05) is 12.1 Å². The first kappa shape index (κ1) is 16.3. The largest absolute Gasteiger partial charge is 0.450 e. The SMILES string of the molecule is CCCCCC/C=C(\Br)Oc1ccc(C(C)C)cc1. The molecule has 0 saturated carbocycles. The van der Waals surface area contributed by atoms with Crippen LogP contribution in [0.4, 0.5) is 0 Å². The standard InChI is InChI=1S/C17H25BrO/c1-4-5-6-7-8-9-17(18)19-16-12-10-15(11-13-16)14(2)3/h9-14H,4-8H2,1-3H3/b17-9+. The van der Waals surface area contributed by atoms with E-state index >= 15 is 0 Å². The van der Waals surface area contributed by atoms with Crippen LogP contribution in [0.3, 0.4) is 0 Å². The van der Waals surface area contributed by atoms with Gasteiger partial charge in [-0.25, -0.2) is 0 Å². The Kier molecular flexibility index (Phi) is 7.88. The van der Waals surface area contributed by atoms with Crippen molar-refractivity contribution in [2.24, 2.45) is 0 Å². The van der Waals surface area contributed by atoms with Gasteiger partial charge in [-0.05, 0) is 58.5 Å². The zero-order valence-corrected chi connectivity index (χ0v) is 13.9. The van der Waals surface area contributed by atoms with Gasteiger partial charge < -0.3 is 4.74 Å². The first-order chi connectivity index (χ1) is 9.13. The van der Waals surface area contributed by atoms with Crippen molar-refractivity contribution < 1.29 is 4.74 Å². The van der Waals surface area contributed by atoms with Crippen LogP contribution in [0.25, 0.3) is 0 Å². The van der Waals surface area contributed by atoms with Crippen LogP contribution in [0.5, 0.6) is 5.75 Å². The molecular formula is C17H25BrO. The summed E-state index contributed by atoms with van der Waals surface area (Å²) in [6.07, 6.45) is 8.33. The van der Waals surface area contributed by atoms with E-state index < -0.39 is 0 Å². The number of unbranched alkanes of at least 4 members (excludes halogenated alkanes) is 4. The van der Waals surface area contributed by atoms with Crippen LogP contribution < -0.4 is 4.74 Å². The van der Waals surface area contributed by atoms with Gasteiger partial charge in [0.25, 0.3) is 0 Å². The fraction of sp³-hybridized carbons (Fsp3) is 0.529. The molecule has 0 aliphatic rings. The molecule has 0 atom stereocenters. The van der Waals surface area contributed by atoms with Gasteiger partial charge >= 0.3 is 0 Å². The van der Waals surface area contributed by atoms with E-state index in [0.717, 1.165) is 16.8 Å². The average molecular weight is 325 g/mol. The molecule has 0 saturated heterocycles. The third-order valence-electron chi connectivity index (χ3n) is 3.12. The monoisotopic (exact) mass is 324 g/mol. The molecule has 0 heterocycles. The van der Waals surface area contributed by atoms with Crippen LogP contribution in [0.1, 0.15) is 64.4 Å². The van der Waals surface area contributed by atoms with E-state index in [0.29, 0.717) is 5.92 Å². The summed E-state index contributed by atoms with van der Waals surface area (Å²) < 4.78 is 6.55. The fourth-order valence-electron chi connectivity index (χ4n) is 1.86. The highest BCUT2D eigenvalue weighted by Crippen LogP contribution is 2.22. The van der Waals surface area contributed by atoms with Crippen molar-refractivity contribution in [3.63, 3.8) is 0 Å². The van der Waals surface area contributed by atoms with E-state index in [1.54, 1.807) is 0 Å². The number of rotatable bonds is 8. The van der Waals surface area contributed by atoms with Gasteiger partial charge in [0.15, 0.2) is 4.67 Å². The number of hydrogen-bond donors (Lipinski definition) is 0. The van der Waals surface area contributed by atoms with Crippen molar-refractivity contribution in [2.75, 3.05) is 0 Å². The van der Waals surface area contributed by atoms with E-state index in [4.69, 9.17) is 4.74 Å². The predicted octanol–water partition coefficient (Wildman–Crippen LogP) is 6.40. The van der Waals surface area contributed by atoms with Crippen LogP contribution in [-0.2, 0) is 0 Å². The lowest BCUT2D eigenvalue weighted by Gasteiger charge is -2.08. The van der Waals surface area contributed by atoms with Gasteiger partial charge in [0, 0.05) is 0 Å². The summed E-state index contributed by atoms with van der Waals surface area (Å²) in [5.41, 5.74) is 1.34. The van der Waals surface area contributed by atoms with Gasteiger partial charge in [0.05, 0.1) is 0 Å². The molecule has 0 bridgehead atoms. The fourth-order valence-corrected chi connectivity index (χ4v) is 2.28. The molecule has 0 amide bonds. The van der Waals surface area contributed by atoms with Crippen LogP contribution in [-0.4, -0.2) is 0 Å². The molecule has 19 heavy (non-hydrogen) atoms. The number of halogens is 1. The van der Waals surface area contributed by atoms with Crippen molar-refractivity contribution in [1.29, 1.82) is 0 Å². The molecule has 0 aliphatic carbocycles. The lowest BCUT2D eigenvalue weighted by molar-refractivity contribution is 0.465. The van der Waals surface area contributed by atoms with Gasteiger partial charge in [0.2, 0.25) is 0 Å². The highest BCUT2D eigenvalue weighted by atomic mass is 79.9. The Morgan fingerprint density at radius 3 is 2.42 bits per heavy atom. The van der Waals surface area contributed by atoms with E-state index in [-0.39, 0.29) is 0 Å². The van der Waals surface area contributed by atoms with E-state index in [2.05, 4.69) is 54.9 Å². The molecule has 0 spiro atoms. The summed E-state index contributed by atoms with van der Waals surface area (Å²) in [6, 6.07) is 8.31. The quantitative estimate of drug-likeness (QED) is 0.397. The Balaban J connectivity index is 2.38. The second-order valence-electron chi connectivity index (χ2n) is 5.18. The maximum atomic E-state index is 5.73. The van der Waals surface area contributed by atoms with Crippen molar-refractivity contribution in [2.45, 2.75) is 58.8 Å². The van der Waals surface area contributed by atoms with Crippen molar-refractivity contribution in [3.8, 4) is 5.75 Å². The summed E-state index contributed by atoms with van der Waals surface area (Å²) in [4.78, 5) is 0. The molecule has 1 nitrogen and oxygen atoms in total. The molecule has 0 N–H and O–H groups in total. The topological polar surface area (TPSA) is 9.23 Å². The highest BCUT2D eigenvalue weighted by molar-refractivity contribution is 9.11. The number of hydrogen-bond acceptors (Lipinski definition) is 1. The zero-order chi connectivity index (χ0) is 14.1. The molecule has 0 aliphatic heterocycles. The Morgan fingerprint density at radius 2 is 1.84 bits per heavy atom. The minimum Gasteiger partial charge on any atom is -0.450 e. The first-order valence-corrected chi connectivity index (χ1v) is 8.06. The van der Waals surface area contributed by atoms with Crippen molar-refractivity contribution >= 4 is 15.9 Å². The van der Waals surface area contributed by atoms with E-state index in [1.165, 1.54) is 31.2 Å². The third-order valence-corrected chi connectivity index (χ3v) is 3.61. The Hall–Kier alpha value is -0.760. The second-order valence-corrected chi connectivity index (χ2v) is 5.96. The molecule has 0 unspecified atom stereocenters. The van der Waals surface area contributed by atoms with Gasteiger partial charge in [0.1, 0.15) is 5.75 Å². The molecule has 0 radical (unpaired) electrons. The maximum absolute atomic E-state index is 5.73. The first-order valence-electron chi connectivity index (χ1n) is 7.27. The summed E-state index contributed by atoms with van der Waals surface area (Å²) in [6.45, 7) is 6.62. The Morgan fingerprint density at radius 1 is 1.16 bits per heavy atom. The van der Waals surface area contributed by atoms with Crippen LogP contribution >= 0.6 is 15.9 Å². The third kappa shape index (κ3) is 6.81. The van der Waals surface area contributed by atoms with Crippen molar-refractivity contribution in [1.82, 2.24) is 0 Å². The maximum Gasteiger partial charge on any atom is 0.165 e. The lowest BCUT2D eigenvalue weighted by atomic mass is 10.0. The molecule has 1 rings (SSSR count). The molecule has 1 aromatic rings. The predicted molar refractivity (Wildman–Crippen MR) is 86.9 cm³/mol. The van der Waals surface area contributed by atoms with Crippen LogP contribution in [0.15, 0.2) is 35.0 Å². The average Bonchev–Trinajstić information content (AvgIpc) is 2.39. The summed E-state index contributed by atoms with van der Waals surface area (Å²) in [7, 11) is 0. The summed E-state index contributed by atoms with van der Waals surface area (Å²) in [5.74, 6) is 1.45. The van der Waals surface area contributed by atoms with Gasteiger partial charge in [-0.15, -0.1) is 0 Å². The minimum atomic E-state index is 0.562. The molecular weight excluding hydrogens is 300 g/mol. The smallest absolute Gasteiger partial charge is 0.165 e. The van der Waals surface area contributed by atoms with Gasteiger partial charge in [-0.1, -0.05) is 52.2 Å². The normalized spacial score (nSPS) is 11.9. The number of ether oxygens (including phenoxy) is 1. The Labute approximate surface area is 126 Å². The van der Waals surface area contributed by atoms with Gasteiger partial charge in [-0.2, -0.15) is 0 Å². The lowest BCUT2D eigenvalue weighted by Crippen LogP contribution is -1.90. The molecule has 0 fully saturated rings. The summed E-state index contributed by atoms with van der Waals surface area (Å²) in [5, 5.41) is 0.